The molecule has 0 amide bonds. The van der Waals surface area contributed by atoms with Gasteiger partial charge in [0.1, 0.15) is 0 Å². The molecule has 0 rings (SSSR count). The molecule has 0 fully saturated rings. The molecule has 0 heterocycles. The van der Waals surface area contributed by atoms with Gasteiger partial charge in [0, 0.05) is 14.2 Å². The van der Waals surface area contributed by atoms with Gasteiger partial charge in [-0.2, -0.15) is 0 Å². The molecule has 0 radical (unpaired) electrons. The van der Waals surface area contributed by atoms with Crippen LogP contribution in [0.15, 0.2) is 0 Å². The smallest absolute Gasteiger partial charge is 0.312 e. The number of rotatable bonds is 37. The summed E-state index contributed by atoms with van der Waals surface area (Å²) in [5.74, 6) is 0. The maximum absolute atomic E-state index is 12.0. The van der Waals surface area contributed by atoms with E-state index in [9.17, 15) is 4.57 Å². The van der Waals surface area contributed by atoms with Crippen LogP contribution in [0.1, 0.15) is 225 Å². The van der Waals surface area contributed by atoms with Gasteiger partial charge in [-0.1, -0.05) is 219 Å². The first-order valence-corrected chi connectivity index (χ1v) is 21.1. The molecule has 0 spiro atoms. The Morgan fingerprint density at radius 3 is 0.643 bits per heavy atom. The summed E-state index contributed by atoms with van der Waals surface area (Å²) in [6.07, 6.45) is 48.9. The Hall–Kier alpha value is 0.150. The highest BCUT2D eigenvalue weighted by atomic mass is 31.2. The van der Waals surface area contributed by atoms with E-state index in [1.165, 1.54) is 220 Å². The van der Waals surface area contributed by atoms with Crippen molar-refractivity contribution in [3.8, 4) is 0 Å². The standard InChI is InChI=1S/C38H79O3P/c1-4-5-6-7-8-9-10-11-12-13-14-15-16-17-18-19-20-21-22-23-24-25-26-27-28-29-30-31-32-33-34-35-36-37-38-42(39,40-2)41-3/h4-38H2,1-3H3. The van der Waals surface area contributed by atoms with Gasteiger partial charge in [-0.15, -0.1) is 0 Å². The second-order valence-corrected chi connectivity index (χ2v) is 15.8. The molecule has 0 aliphatic heterocycles. The van der Waals surface area contributed by atoms with E-state index < -0.39 is 7.60 Å². The normalized spacial score (nSPS) is 12.0. The molecular formula is C38H79O3P. The summed E-state index contributed by atoms with van der Waals surface area (Å²) in [7, 11) is 0.175. The van der Waals surface area contributed by atoms with Crippen LogP contribution in [0, 0.1) is 0 Å². The van der Waals surface area contributed by atoms with Crippen LogP contribution in [0.2, 0.25) is 0 Å². The molecule has 0 aromatic carbocycles. The van der Waals surface area contributed by atoms with E-state index in [2.05, 4.69) is 6.92 Å². The maximum atomic E-state index is 12.0. The van der Waals surface area contributed by atoms with E-state index in [1.807, 2.05) is 0 Å². The topological polar surface area (TPSA) is 35.5 Å². The first-order valence-electron chi connectivity index (χ1n) is 19.4. The highest BCUT2D eigenvalue weighted by molar-refractivity contribution is 7.53. The van der Waals surface area contributed by atoms with E-state index in [1.54, 1.807) is 0 Å². The molecule has 4 heteroatoms. The van der Waals surface area contributed by atoms with Crippen molar-refractivity contribution < 1.29 is 13.6 Å². The van der Waals surface area contributed by atoms with Crippen LogP contribution in [0.4, 0.5) is 0 Å². The van der Waals surface area contributed by atoms with Gasteiger partial charge >= 0.3 is 7.60 Å². The van der Waals surface area contributed by atoms with Gasteiger partial charge in [-0.25, -0.2) is 0 Å². The highest BCUT2D eigenvalue weighted by Crippen LogP contribution is 2.47. The average molecular weight is 615 g/mol. The fraction of sp³-hybridized carbons (Fsp3) is 1.00. The van der Waals surface area contributed by atoms with Crippen molar-refractivity contribution in [1.29, 1.82) is 0 Å². The minimum atomic E-state index is -2.79. The van der Waals surface area contributed by atoms with Crippen molar-refractivity contribution in [1.82, 2.24) is 0 Å². The van der Waals surface area contributed by atoms with Crippen LogP contribution in [-0.2, 0) is 13.6 Å². The molecule has 0 saturated carbocycles. The zero-order valence-corrected chi connectivity index (χ0v) is 30.3. The minimum absolute atomic E-state index is 0.555. The van der Waals surface area contributed by atoms with E-state index in [-0.39, 0.29) is 0 Å². The Morgan fingerprint density at radius 1 is 0.310 bits per heavy atom. The lowest BCUT2D eigenvalue weighted by Gasteiger charge is -2.12. The molecule has 0 atom stereocenters. The molecule has 254 valence electrons. The van der Waals surface area contributed by atoms with Gasteiger partial charge in [-0.05, 0) is 6.42 Å². The van der Waals surface area contributed by atoms with Gasteiger partial charge in [-0.3, -0.25) is 4.57 Å². The summed E-state index contributed by atoms with van der Waals surface area (Å²) in [6, 6.07) is 0. The summed E-state index contributed by atoms with van der Waals surface area (Å²) in [6.45, 7) is 2.30. The van der Waals surface area contributed by atoms with Crippen LogP contribution >= 0.6 is 7.60 Å². The molecule has 42 heavy (non-hydrogen) atoms. The lowest BCUT2D eigenvalue weighted by atomic mass is 10.0. The van der Waals surface area contributed by atoms with Crippen LogP contribution in [0.25, 0.3) is 0 Å². The van der Waals surface area contributed by atoms with Gasteiger partial charge in [0.2, 0.25) is 0 Å². The molecule has 0 bridgehead atoms. The first kappa shape index (κ1) is 42.1. The second-order valence-electron chi connectivity index (χ2n) is 13.4. The Bertz CT molecular complexity index is 530. The molecule has 0 aromatic rings. The number of unbranched alkanes of at least 4 members (excludes halogenated alkanes) is 33. The fourth-order valence-corrected chi connectivity index (χ4v) is 7.42. The fourth-order valence-electron chi connectivity index (χ4n) is 6.29. The molecular weight excluding hydrogens is 535 g/mol. The largest absolute Gasteiger partial charge is 0.330 e. The molecule has 0 aromatic heterocycles. The summed E-state index contributed by atoms with van der Waals surface area (Å²) < 4.78 is 22.0. The van der Waals surface area contributed by atoms with E-state index in [0.717, 1.165) is 12.8 Å². The predicted molar refractivity (Wildman–Crippen MR) is 189 cm³/mol. The summed E-state index contributed by atoms with van der Waals surface area (Å²) in [5, 5.41) is 0. The Balaban J connectivity index is 3.09. The van der Waals surface area contributed by atoms with Crippen LogP contribution < -0.4 is 0 Å². The monoisotopic (exact) mass is 615 g/mol. The molecule has 0 N–H and O–H groups in total. The zero-order chi connectivity index (χ0) is 30.7. The minimum Gasteiger partial charge on any atom is -0.312 e. The van der Waals surface area contributed by atoms with E-state index in [0.29, 0.717) is 6.16 Å². The maximum Gasteiger partial charge on any atom is 0.330 e. The molecule has 0 aliphatic carbocycles. The average Bonchev–Trinajstić information content (AvgIpc) is 3.01. The predicted octanol–water partition coefficient (Wildman–Crippen LogP) is 14.8. The number of hydrogen-bond acceptors (Lipinski definition) is 3. The molecule has 0 unspecified atom stereocenters. The first-order chi connectivity index (χ1) is 20.7. The third-order valence-corrected chi connectivity index (χ3v) is 11.3. The summed E-state index contributed by atoms with van der Waals surface area (Å²) in [5.41, 5.74) is 0. The molecule has 3 nitrogen and oxygen atoms in total. The summed E-state index contributed by atoms with van der Waals surface area (Å²) in [4.78, 5) is 0. The second kappa shape index (κ2) is 35.6. The van der Waals surface area contributed by atoms with Crippen molar-refractivity contribution in [3.05, 3.63) is 0 Å². The van der Waals surface area contributed by atoms with E-state index in [4.69, 9.17) is 9.05 Å². The van der Waals surface area contributed by atoms with Gasteiger partial charge in [0.25, 0.3) is 0 Å². The number of hydrogen-bond donors (Lipinski definition) is 0. The lowest BCUT2D eigenvalue weighted by Crippen LogP contribution is -1.94. The van der Waals surface area contributed by atoms with Gasteiger partial charge in [0.05, 0.1) is 6.16 Å². The van der Waals surface area contributed by atoms with Crippen LogP contribution in [-0.4, -0.2) is 20.4 Å². The van der Waals surface area contributed by atoms with E-state index >= 15 is 0 Å². The van der Waals surface area contributed by atoms with Crippen molar-refractivity contribution in [2.75, 3.05) is 20.4 Å². The molecule has 0 saturated heterocycles. The third-order valence-electron chi connectivity index (χ3n) is 9.34. The van der Waals surface area contributed by atoms with Gasteiger partial charge < -0.3 is 9.05 Å². The highest BCUT2D eigenvalue weighted by Gasteiger charge is 2.19. The lowest BCUT2D eigenvalue weighted by molar-refractivity contribution is 0.275. The van der Waals surface area contributed by atoms with Crippen molar-refractivity contribution in [3.63, 3.8) is 0 Å². The van der Waals surface area contributed by atoms with Crippen molar-refractivity contribution >= 4 is 7.60 Å². The van der Waals surface area contributed by atoms with Crippen molar-refractivity contribution in [2.45, 2.75) is 225 Å². The van der Waals surface area contributed by atoms with Crippen LogP contribution in [0.3, 0.4) is 0 Å². The Labute approximate surface area is 266 Å². The Kier molecular flexibility index (Phi) is 35.8. The van der Waals surface area contributed by atoms with Crippen molar-refractivity contribution in [2.24, 2.45) is 0 Å². The SMILES string of the molecule is CCCCCCCCCCCCCCCCCCCCCCCCCCCCCCCCCCCCP(=O)(OC)OC. The Morgan fingerprint density at radius 2 is 0.476 bits per heavy atom. The molecule has 0 aliphatic rings. The third kappa shape index (κ3) is 33.1. The van der Waals surface area contributed by atoms with Crippen LogP contribution in [0.5, 0.6) is 0 Å². The zero-order valence-electron chi connectivity index (χ0n) is 29.4. The quantitative estimate of drug-likeness (QED) is 0.0516. The van der Waals surface area contributed by atoms with Gasteiger partial charge in [0.15, 0.2) is 0 Å². The summed E-state index contributed by atoms with van der Waals surface area (Å²) >= 11 is 0.